The van der Waals surface area contributed by atoms with Crippen molar-refractivity contribution in [2.24, 2.45) is 5.73 Å². The van der Waals surface area contributed by atoms with Crippen LogP contribution in [0.2, 0.25) is 0 Å². The molecule has 2 fully saturated rings. The molecule has 2 aliphatic rings. The monoisotopic (exact) mass is 439 g/mol. The molecule has 10 heteroatoms. The first-order valence-electron chi connectivity index (χ1n) is 10.6. The quantitative estimate of drug-likeness (QED) is 0.628. The number of carbonyl (C=O) groups is 1. The van der Waals surface area contributed by atoms with Gasteiger partial charge in [0.25, 0.3) is 5.91 Å². The van der Waals surface area contributed by atoms with Crippen molar-refractivity contribution in [2.75, 3.05) is 49.2 Å². The van der Waals surface area contributed by atoms with E-state index in [9.17, 15) is 4.79 Å². The standard InChI is InChI=1S/C21H25N7O2S/c22-20(29)18-19(31-21(26-18)14-11-24-25-12-14)15-13-23-17(28-6-8-30-9-7-28)10-16(15)27-4-2-1-3-5-27/h10-13H,1-9H2,(H2,22,29)(H,24,25). The number of thiazole rings is 1. The van der Waals surface area contributed by atoms with Gasteiger partial charge in [-0.25, -0.2) is 9.97 Å². The van der Waals surface area contributed by atoms with Crippen LogP contribution in [0.5, 0.6) is 0 Å². The molecule has 0 atom stereocenters. The maximum Gasteiger partial charge on any atom is 0.268 e. The molecule has 5 heterocycles. The summed E-state index contributed by atoms with van der Waals surface area (Å²) in [6.45, 7) is 5.03. The molecule has 162 valence electrons. The van der Waals surface area contributed by atoms with Gasteiger partial charge in [-0.05, 0) is 19.3 Å². The van der Waals surface area contributed by atoms with Gasteiger partial charge in [-0.15, -0.1) is 11.3 Å². The third-order valence-corrected chi connectivity index (χ3v) is 6.89. The summed E-state index contributed by atoms with van der Waals surface area (Å²) in [7, 11) is 0. The van der Waals surface area contributed by atoms with Crippen LogP contribution in [0.1, 0.15) is 29.8 Å². The number of hydrogen-bond acceptors (Lipinski definition) is 8. The molecule has 0 radical (unpaired) electrons. The Morgan fingerprint density at radius 2 is 1.90 bits per heavy atom. The molecule has 3 N–H and O–H groups in total. The largest absolute Gasteiger partial charge is 0.378 e. The van der Waals surface area contributed by atoms with Crippen LogP contribution in [0.3, 0.4) is 0 Å². The fraction of sp³-hybridized carbons (Fsp3) is 0.429. The van der Waals surface area contributed by atoms with Gasteiger partial charge >= 0.3 is 0 Å². The van der Waals surface area contributed by atoms with Gasteiger partial charge in [0.1, 0.15) is 16.5 Å². The molecule has 0 bridgehead atoms. The number of aromatic amines is 1. The lowest BCUT2D eigenvalue weighted by Crippen LogP contribution is -2.37. The normalized spacial score (nSPS) is 17.2. The Morgan fingerprint density at radius 3 is 2.61 bits per heavy atom. The van der Waals surface area contributed by atoms with E-state index in [1.165, 1.54) is 17.8 Å². The molecule has 2 aliphatic heterocycles. The van der Waals surface area contributed by atoms with Gasteiger partial charge in [-0.1, -0.05) is 0 Å². The van der Waals surface area contributed by atoms with E-state index in [-0.39, 0.29) is 5.69 Å². The van der Waals surface area contributed by atoms with Crippen LogP contribution in [0.15, 0.2) is 24.7 Å². The zero-order valence-corrected chi connectivity index (χ0v) is 18.0. The number of piperidine rings is 1. The van der Waals surface area contributed by atoms with Crippen LogP contribution in [0, 0.1) is 0 Å². The lowest BCUT2D eigenvalue weighted by molar-refractivity contribution is 0.0997. The van der Waals surface area contributed by atoms with Crippen molar-refractivity contribution in [3.05, 3.63) is 30.4 Å². The van der Waals surface area contributed by atoms with E-state index in [0.717, 1.165) is 66.5 Å². The zero-order chi connectivity index (χ0) is 21.2. The van der Waals surface area contributed by atoms with Crippen LogP contribution < -0.4 is 15.5 Å². The summed E-state index contributed by atoms with van der Waals surface area (Å²) in [5, 5.41) is 7.50. The molecule has 3 aromatic heterocycles. The van der Waals surface area contributed by atoms with Gasteiger partial charge in [-0.2, -0.15) is 5.10 Å². The number of nitrogens with two attached hydrogens (primary N) is 1. The smallest absolute Gasteiger partial charge is 0.268 e. The number of hydrogen-bond donors (Lipinski definition) is 2. The number of nitrogens with zero attached hydrogens (tertiary/aromatic N) is 5. The molecule has 5 rings (SSSR count). The molecule has 0 unspecified atom stereocenters. The van der Waals surface area contributed by atoms with Crippen molar-refractivity contribution in [3.63, 3.8) is 0 Å². The van der Waals surface area contributed by atoms with Crippen LogP contribution in [0.25, 0.3) is 21.0 Å². The molecule has 31 heavy (non-hydrogen) atoms. The van der Waals surface area contributed by atoms with Crippen LogP contribution in [-0.4, -0.2) is 65.5 Å². The number of primary amides is 1. The van der Waals surface area contributed by atoms with Crippen molar-refractivity contribution in [3.8, 4) is 21.0 Å². The Balaban J connectivity index is 1.61. The minimum Gasteiger partial charge on any atom is -0.378 e. The van der Waals surface area contributed by atoms with Gasteiger partial charge in [0.05, 0.1) is 30.0 Å². The summed E-state index contributed by atoms with van der Waals surface area (Å²) in [6.07, 6.45) is 8.87. The maximum atomic E-state index is 12.3. The van der Waals surface area contributed by atoms with Gasteiger partial charge in [0.2, 0.25) is 0 Å². The first-order valence-corrected chi connectivity index (χ1v) is 11.4. The number of nitrogens with one attached hydrogen (secondary N) is 1. The van der Waals surface area contributed by atoms with E-state index in [4.69, 9.17) is 15.5 Å². The molecule has 0 aromatic carbocycles. The first-order chi connectivity index (χ1) is 15.2. The SMILES string of the molecule is NC(=O)c1nc(-c2cn[nH]c2)sc1-c1cnc(N2CCOCC2)cc1N1CCCCC1. The van der Waals surface area contributed by atoms with E-state index < -0.39 is 5.91 Å². The first kappa shape index (κ1) is 20.0. The fourth-order valence-corrected chi connectivity index (χ4v) is 5.20. The van der Waals surface area contributed by atoms with Crippen molar-refractivity contribution < 1.29 is 9.53 Å². The Bertz CT molecular complexity index is 1050. The second-order valence-corrected chi connectivity index (χ2v) is 8.75. The number of carbonyl (C=O) groups excluding carboxylic acids is 1. The second kappa shape index (κ2) is 8.64. The zero-order valence-electron chi connectivity index (χ0n) is 17.2. The molecule has 0 spiro atoms. The predicted molar refractivity (Wildman–Crippen MR) is 121 cm³/mol. The summed E-state index contributed by atoms with van der Waals surface area (Å²) >= 11 is 1.45. The summed E-state index contributed by atoms with van der Waals surface area (Å²) in [6, 6.07) is 2.15. The Hall–Kier alpha value is -2.98. The van der Waals surface area contributed by atoms with Crippen molar-refractivity contribution in [1.82, 2.24) is 20.2 Å². The minimum atomic E-state index is -0.539. The average molecular weight is 440 g/mol. The Morgan fingerprint density at radius 1 is 1.10 bits per heavy atom. The van der Waals surface area contributed by atoms with E-state index in [1.54, 1.807) is 12.4 Å². The third-order valence-electron chi connectivity index (χ3n) is 5.75. The number of ether oxygens (including phenoxy) is 1. The van der Waals surface area contributed by atoms with Crippen molar-refractivity contribution in [1.29, 1.82) is 0 Å². The van der Waals surface area contributed by atoms with E-state index in [0.29, 0.717) is 18.2 Å². The molecule has 2 saturated heterocycles. The predicted octanol–water partition coefficient (Wildman–Crippen LogP) is 2.52. The molecule has 9 nitrogen and oxygen atoms in total. The molecular weight excluding hydrogens is 414 g/mol. The van der Waals surface area contributed by atoms with E-state index in [1.807, 2.05) is 6.20 Å². The highest BCUT2D eigenvalue weighted by Crippen LogP contribution is 2.41. The molecular formula is C21H25N7O2S. The number of rotatable bonds is 5. The van der Waals surface area contributed by atoms with Crippen LogP contribution in [0.4, 0.5) is 11.5 Å². The Labute approximate surface area is 184 Å². The minimum absolute atomic E-state index is 0.278. The third kappa shape index (κ3) is 4.00. The number of amides is 1. The van der Waals surface area contributed by atoms with Gasteiger partial charge < -0.3 is 20.3 Å². The molecule has 3 aromatic rings. The number of morpholine rings is 1. The van der Waals surface area contributed by atoms with Crippen LogP contribution >= 0.6 is 11.3 Å². The molecule has 1 amide bonds. The molecule has 0 saturated carbocycles. The average Bonchev–Trinajstić information content (AvgIpc) is 3.50. The van der Waals surface area contributed by atoms with Crippen molar-refractivity contribution >= 4 is 28.7 Å². The summed E-state index contributed by atoms with van der Waals surface area (Å²) in [5.74, 6) is 0.399. The number of aromatic nitrogens is 4. The fourth-order valence-electron chi connectivity index (χ4n) is 4.13. The second-order valence-electron chi connectivity index (χ2n) is 7.75. The van der Waals surface area contributed by atoms with Gasteiger partial charge in [0.15, 0.2) is 0 Å². The maximum absolute atomic E-state index is 12.3. The van der Waals surface area contributed by atoms with Gasteiger partial charge in [0, 0.05) is 55.8 Å². The highest BCUT2D eigenvalue weighted by Gasteiger charge is 2.25. The number of H-pyrrole nitrogens is 1. The highest BCUT2D eigenvalue weighted by molar-refractivity contribution is 7.18. The summed E-state index contributed by atoms with van der Waals surface area (Å²) in [5.41, 5.74) is 8.81. The van der Waals surface area contributed by atoms with Crippen LogP contribution in [-0.2, 0) is 4.74 Å². The lowest BCUT2D eigenvalue weighted by Gasteiger charge is -2.33. The number of anilines is 2. The Kier molecular flexibility index (Phi) is 5.56. The summed E-state index contributed by atoms with van der Waals surface area (Å²) < 4.78 is 5.50. The van der Waals surface area contributed by atoms with E-state index in [2.05, 4.69) is 31.0 Å². The van der Waals surface area contributed by atoms with Gasteiger partial charge in [-0.3, -0.25) is 9.89 Å². The van der Waals surface area contributed by atoms with E-state index >= 15 is 0 Å². The highest BCUT2D eigenvalue weighted by atomic mass is 32.1. The van der Waals surface area contributed by atoms with Crippen molar-refractivity contribution in [2.45, 2.75) is 19.3 Å². The molecule has 0 aliphatic carbocycles. The topological polar surface area (TPSA) is 113 Å². The number of pyridine rings is 1. The summed E-state index contributed by atoms with van der Waals surface area (Å²) in [4.78, 5) is 27.0. The lowest BCUT2D eigenvalue weighted by atomic mass is 10.1.